The zero-order valence-corrected chi connectivity index (χ0v) is 8.00. The number of hydrogen-bond acceptors (Lipinski definition) is 3. The molecule has 0 radical (unpaired) electrons. The number of aromatic amines is 1. The molecule has 0 bridgehead atoms. The summed E-state index contributed by atoms with van der Waals surface area (Å²) in [6, 6.07) is 3.27. The highest BCUT2D eigenvalue weighted by Crippen LogP contribution is 2.24. The van der Waals surface area contributed by atoms with Gasteiger partial charge in [-0.15, -0.1) is 0 Å². The largest absolute Gasteiger partial charge is 0.382 e. The summed E-state index contributed by atoms with van der Waals surface area (Å²) >= 11 is 0. The van der Waals surface area contributed by atoms with E-state index in [1.165, 1.54) is 6.07 Å². The minimum Gasteiger partial charge on any atom is -0.382 e. The van der Waals surface area contributed by atoms with Crippen LogP contribution in [0.4, 0.5) is 14.6 Å². The Bertz CT molecular complexity index is 551. The maximum Gasteiger partial charge on any atom is 0.159 e. The van der Waals surface area contributed by atoms with Crippen LogP contribution in [0.1, 0.15) is 10.4 Å². The van der Waals surface area contributed by atoms with Crippen molar-refractivity contribution in [2.45, 2.75) is 0 Å². The number of benzene rings is 1. The number of nitrogens with one attached hydrogen (secondary N) is 1. The standard InChI is InChI=1S/C10H7F2N3O/c11-7-2-1-5(3-8(7)12)9-6(4-16)10(13)15-14-9/h1-4H,(H3,13,14,15). The van der Waals surface area contributed by atoms with Gasteiger partial charge >= 0.3 is 0 Å². The first-order chi connectivity index (χ1) is 7.63. The Balaban J connectivity index is 2.58. The van der Waals surface area contributed by atoms with Crippen LogP contribution in [0.25, 0.3) is 11.3 Å². The molecule has 16 heavy (non-hydrogen) atoms. The maximum absolute atomic E-state index is 13.0. The van der Waals surface area contributed by atoms with Gasteiger partial charge in [-0.05, 0) is 18.2 Å². The van der Waals surface area contributed by atoms with E-state index in [-0.39, 0.29) is 17.1 Å². The number of hydrogen-bond donors (Lipinski definition) is 2. The number of nitrogens with two attached hydrogens (primary N) is 1. The van der Waals surface area contributed by atoms with Gasteiger partial charge in [-0.3, -0.25) is 9.89 Å². The van der Waals surface area contributed by atoms with E-state index in [9.17, 15) is 13.6 Å². The van der Waals surface area contributed by atoms with Crippen LogP contribution in [-0.4, -0.2) is 16.5 Å². The highest BCUT2D eigenvalue weighted by atomic mass is 19.2. The van der Waals surface area contributed by atoms with E-state index in [4.69, 9.17) is 5.73 Å². The molecule has 0 spiro atoms. The van der Waals surface area contributed by atoms with E-state index in [0.29, 0.717) is 11.8 Å². The van der Waals surface area contributed by atoms with E-state index in [0.717, 1.165) is 12.1 Å². The lowest BCUT2D eigenvalue weighted by atomic mass is 10.1. The van der Waals surface area contributed by atoms with Crippen molar-refractivity contribution >= 4 is 12.1 Å². The fraction of sp³-hybridized carbons (Fsp3) is 0. The molecule has 2 rings (SSSR count). The predicted molar refractivity (Wildman–Crippen MR) is 53.7 cm³/mol. The van der Waals surface area contributed by atoms with E-state index < -0.39 is 11.6 Å². The zero-order chi connectivity index (χ0) is 11.7. The topological polar surface area (TPSA) is 71.8 Å². The van der Waals surface area contributed by atoms with Crippen LogP contribution in [0, 0.1) is 11.6 Å². The lowest BCUT2D eigenvalue weighted by molar-refractivity contribution is 0.112. The average molecular weight is 223 g/mol. The van der Waals surface area contributed by atoms with Gasteiger partial charge in [0.2, 0.25) is 0 Å². The van der Waals surface area contributed by atoms with E-state index in [2.05, 4.69) is 10.2 Å². The van der Waals surface area contributed by atoms with E-state index in [1.54, 1.807) is 0 Å². The number of H-pyrrole nitrogens is 1. The Hall–Kier alpha value is -2.24. The molecule has 6 heteroatoms. The van der Waals surface area contributed by atoms with Crippen LogP contribution in [0.3, 0.4) is 0 Å². The number of aromatic nitrogens is 2. The number of nitrogens with zero attached hydrogens (tertiary/aromatic N) is 1. The Kier molecular flexibility index (Phi) is 2.40. The van der Waals surface area contributed by atoms with Crippen molar-refractivity contribution in [3.8, 4) is 11.3 Å². The van der Waals surface area contributed by atoms with E-state index in [1.807, 2.05) is 0 Å². The summed E-state index contributed by atoms with van der Waals surface area (Å²) < 4.78 is 25.7. The van der Waals surface area contributed by atoms with Crippen LogP contribution in [0.15, 0.2) is 18.2 Å². The number of aldehydes is 1. The van der Waals surface area contributed by atoms with E-state index >= 15 is 0 Å². The lowest BCUT2D eigenvalue weighted by Gasteiger charge is -1.99. The third-order valence-corrected chi connectivity index (χ3v) is 2.16. The molecule has 0 saturated carbocycles. The van der Waals surface area contributed by atoms with Gasteiger partial charge in [0.15, 0.2) is 23.7 Å². The minimum atomic E-state index is -0.998. The first-order valence-electron chi connectivity index (χ1n) is 4.38. The highest BCUT2D eigenvalue weighted by molar-refractivity contribution is 5.91. The summed E-state index contributed by atoms with van der Waals surface area (Å²) in [5.74, 6) is -1.93. The van der Waals surface area contributed by atoms with Crippen LogP contribution < -0.4 is 5.73 Å². The monoisotopic (exact) mass is 223 g/mol. The molecular weight excluding hydrogens is 216 g/mol. The zero-order valence-electron chi connectivity index (χ0n) is 8.00. The molecule has 0 unspecified atom stereocenters. The molecule has 0 fully saturated rings. The molecule has 0 aliphatic heterocycles. The number of halogens is 2. The second-order valence-electron chi connectivity index (χ2n) is 3.14. The van der Waals surface area contributed by atoms with Gasteiger partial charge in [0.25, 0.3) is 0 Å². The number of carbonyl (C=O) groups excluding carboxylic acids is 1. The highest BCUT2D eigenvalue weighted by Gasteiger charge is 2.13. The molecule has 0 atom stereocenters. The van der Waals surface area contributed by atoms with Gasteiger partial charge in [-0.1, -0.05) is 0 Å². The number of carbonyl (C=O) groups is 1. The van der Waals surface area contributed by atoms with Crippen molar-refractivity contribution in [3.05, 3.63) is 35.4 Å². The Morgan fingerprint density at radius 2 is 2.06 bits per heavy atom. The SMILES string of the molecule is Nc1n[nH]c(-c2ccc(F)c(F)c2)c1C=O. The third kappa shape index (κ3) is 1.54. The Labute approximate surface area is 89.1 Å². The second kappa shape index (κ2) is 3.73. The summed E-state index contributed by atoms with van der Waals surface area (Å²) in [6.45, 7) is 0. The third-order valence-electron chi connectivity index (χ3n) is 2.16. The quantitative estimate of drug-likeness (QED) is 0.762. The lowest BCUT2D eigenvalue weighted by Crippen LogP contribution is -1.91. The first kappa shape index (κ1) is 10.3. The van der Waals surface area contributed by atoms with Gasteiger partial charge in [-0.25, -0.2) is 8.78 Å². The maximum atomic E-state index is 13.0. The molecular formula is C10H7F2N3O. The number of nitrogen functional groups attached to an aromatic ring is 1. The first-order valence-corrected chi connectivity index (χ1v) is 4.38. The van der Waals surface area contributed by atoms with Crippen LogP contribution in [0.5, 0.6) is 0 Å². The molecule has 82 valence electrons. The molecule has 1 aromatic heterocycles. The van der Waals surface area contributed by atoms with Gasteiger partial charge in [0.1, 0.15) is 0 Å². The van der Waals surface area contributed by atoms with Crippen molar-refractivity contribution in [3.63, 3.8) is 0 Å². The summed E-state index contributed by atoms with van der Waals surface area (Å²) in [5, 5.41) is 6.11. The molecule has 4 nitrogen and oxygen atoms in total. The van der Waals surface area contributed by atoms with Gasteiger partial charge < -0.3 is 5.73 Å². The average Bonchev–Trinajstić information content (AvgIpc) is 2.63. The fourth-order valence-corrected chi connectivity index (χ4v) is 1.36. The molecule has 0 amide bonds. The van der Waals surface area contributed by atoms with Crippen LogP contribution in [-0.2, 0) is 0 Å². The molecule has 1 heterocycles. The van der Waals surface area contributed by atoms with Gasteiger partial charge in [-0.2, -0.15) is 5.10 Å². The Morgan fingerprint density at radius 3 is 2.69 bits per heavy atom. The fourth-order valence-electron chi connectivity index (χ4n) is 1.36. The number of rotatable bonds is 2. The molecule has 1 aromatic carbocycles. The van der Waals surface area contributed by atoms with Crippen LogP contribution >= 0.6 is 0 Å². The molecule has 0 saturated heterocycles. The molecule has 2 aromatic rings. The summed E-state index contributed by atoms with van der Waals surface area (Å²) in [5.41, 5.74) is 6.13. The normalized spacial score (nSPS) is 10.4. The number of anilines is 1. The van der Waals surface area contributed by atoms with Gasteiger partial charge in [0, 0.05) is 5.56 Å². The van der Waals surface area contributed by atoms with Crippen LogP contribution in [0.2, 0.25) is 0 Å². The van der Waals surface area contributed by atoms with Crippen molar-refractivity contribution < 1.29 is 13.6 Å². The Morgan fingerprint density at radius 1 is 1.31 bits per heavy atom. The van der Waals surface area contributed by atoms with Crippen molar-refractivity contribution in [1.29, 1.82) is 0 Å². The molecule has 0 aliphatic rings. The summed E-state index contributed by atoms with van der Waals surface area (Å²) in [6.07, 6.45) is 0.509. The van der Waals surface area contributed by atoms with Crippen molar-refractivity contribution in [2.24, 2.45) is 0 Å². The smallest absolute Gasteiger partial charge is 0.159 e. The minimum absolute atomic E-state index is 0.0229. The van der Waals surface area contributed by atoms with Crippen molar-refractivity contribution in [1.82, 2.24) is 10.2 Å². The molecule has 0 aliphatic carbocycles. The summed E-state index contributed by atoms with van der Waals surface area (Å²) in [7, 11) is 0. The summed E-state index contributed by atoms with van der Waals surface area (Å²) in [4.78, 5) is 10.7. The second-order valence-corrected chi connectivity index (χ2v) is 3.14. The van der Waals surface area contributed by atoms with Gasteiger partial charge in [0.05, 0.1) is 11.3 Å². The predicted octanol–water partition coefficient (Wildman–Crippen LogP) is 1.75. The van der Waals surface area contributed by atoms with Crippen molar-refractivity contribution in [2.75, 3.05) is 5.73 Å². The molecule has 3 N–H and O–H groups in total.